The van der Waals surface area contributed by atoms with E-state index < -0.39 is 29.4 Å². The number of rotatable bonds is 6. The Morgan fingerprint density at radius 2 is 2.05 bits per heavy atom. The molecule has 3 aromatic rings. The Bertz CT molecular complexity index is 1370. The summed E-state index contributed by atoms with van der Waals surface area (Å²) < 4.78 is 54.1. The molecule has 2 aliphatic heterocycles. The Morgan fingerprint density at radius 3 is 2.78 bits per heavy atom. The molecular weight excluding hydrogens is 511 g/mol. The van der Waals surface area contributed by atoms with Gasteiger partial charge in [-0.3, -0.25) is 9.69 Å². The van der Waals surface area contributed by atoms with E-state index in [-0.39, 0.29) is 34.2 Å². The molecule has 2 aliphatic rings. The number of hydrogen-bond donors (Lipinski definition) is 1. The highest BCUT2D eigenvalue weighted by atomic mass is 35.5. The lowest BCUT2D eigenvalue weighted by Gasteiger charge is -2.38. The van der Waals surface area contributed by atoms with Crippen molar-refractivity contribution in [2.24, 2.45) is 0 Å². The van der Waals surface area contributed by atoms with Crippen molar-refractivity contribution in [2.75, 3.05) is 26.7 Å². The van der Waals surface area contributed by atoms with E-state index in [2.05, 4.69) is 34.2 Å². The predicted octanol–water partition coefficient (Wildman–Crippen LogP) is 4.48. The summed E-state index contributed by atoms with van der Waals surface area (Å²) in [6.45, 7) is 7.03. The molecule has 0 radical (unpaired) electrons. The number of halogens is 4. The number of alkyl halides is 1. The second-order valence-electron chi connectivity index (χ2n) is 9.78. The van der Waals surface area contributed by atoms with Gasteiger partial charge >= 0.3 is 0 Å². The van der Waals surface area contributed by atoms with Gasteiger partial charge in [0, 0.05) is 42.8 Å². The second-order valence-corrected chi connectivity index (χ2v) is 10.2. The summed E-state index contributed by atoms with van der Waals surface area (Å²) in [4.78, 5) is 20.5. The Morgan fingerprint density at radius 1 is 1.27 bits per heavy atom. The van der Waals surface area contributed by atoms with Gasteiger partial charge in [-0.2, -0.15) is 9.37 Å². The number of benzene rings is 2. The molecule has 0 aliphatic carbocycles. The summed E-state index contributed by atoms with van der Waals surface area (Å²) in [6.07, 6.45) is -2.24. The van der Waals surface area contributed by atoms with Gasteiger partial charge in [-0.15, -0.1) is 0 Å². The summed E-state index contributed by atoms with van der Waals surface area (Å²) >= 11 is 6.40. The molecule has 1 aromatic heterocycles. The monoisotopic (exact) mass is 535 g/mol. The number of nitrogens with one attached hydrogen (secondary N) is 1. The van der Waals surface area contributed by atoms with Gasteiger partial charge in [-0.25, -0.2) is 8.78 Å². The molecule has 8 nitrogen and oxygen atoms in total. The van der Waals surface area contributed by atoms with Crippen molar-refractivity contribution >= 4 is 17.5 Å². The van der Waals surface area contributed by atoms with Gasteiger partial charge in [-0.1, -0.05) is 16.8 Å². The van der Waals surface area contributed by atoms with Gasteiger partial charge in [0.25, 0.3) is 5.91 Å². The fourth-order valence-corrected chi connectivity index (χ4v) is 5.12. The first kappa shape index (κ1) is 25.5. The third-order valence-corrected chi connectivity index (χ3v) is 6.85. The number of hydrogen-bond acceptors (Lipinski definition) is 7. The van der Waals surface area contributed by atoms with Crippen LogP contribution in [-0.2, 0) is 13.1 Å². The van der Waals surface area contributed by atoms with E-state index in [0.29, 0.717) is 23.6 Å². The van der Waals surface area contributed by atoms with Crippen LogP contribution in [0.4, 0.5) is 13.2 Å². The molecule has 1 unspecified atom stereocenters. The fraction of sp³-hybridized carbons (Fsp3) is 0.400. The Hall–Kier alpha value is -3.15. The summed E-state index contributed by atoms with van der Waals surface area (Å²) in [5.41, 5.74) is 0.358. The normalized spacial score (nSPS) is 18.2. The van der Waals surface area contributed by atoms with E-state index in [1.54, 1.807) is 6.07 Å². The highest BCUT2D eigenvalue weighted by Crippen LogP contribution is 2.39. The highest BCUT2D eigenvalue weighted by molar-refractivity contribution is 6.34. The standard InChI is InChI=1S/C25H25ClF3N5O3/c1-25(2)12-33(7-6-30-25)11-18-31-23(32-37-18)13-8-14-10-34(24(35)19(14)16(26)9-13)22(29)15-4-5-17(36-3)21(28)20(15)27/h4-5,8-9,22,30H,6-7,10-12H2,1-3H3. The third-order valence-electron chi connectivity index (χ3n) is 6.55. The molecule has 0 saturated carbocycles. The van der Waals surface area contributed by atoms with Crippen molar-refractivity contribution in [1.29, 1.82) is 0 Å². The number of carbonyl (C=O) groups excluding carboxylic acids is 1. The number of nitrogens with zero attached hydrogens (tertiary/aromatic N) is 4. The van der Waals surface area contributed by atoms with E-state index in [1.165, 1.54) is 13.2 Å². The van der Waals surface area contributed by atoms with E-state index in [9.17, 15) is 13.6 Å². The molecule has 1 saturated heterocycles. The molecule has 3 heterocycles. The lowest BCUT2D eigenvalue weighted by molar-refractivity contribution is 0.0470. The van der Waals surface area contributed by atoms with Crippen LogP contribution in [0.5, 0.6) is 5.75 Å². The van der Waals surface area contributed by atoms with E-state index in [0.717, 1.165) is 36.7 Å². The third kappa shape index (κ3) is 4.78. The number of fused-ring (bicyclic) bond motifs is 1. The van der Waals surface area contributed by atoms with Crippen LogP contribution in [0, 0.1) is 11.6 Å². The number of carbonyl (C=O) groups is 1. The molecule has 5 rings (SSSR count). The fourth-order valence-electron chi connectivity index (χ4n) is 4.80. The summed E-state index contributed by atoms with van der Waals surface area (Å²) in [6, 6.07) is 5.28. The van der Waals surface area contributed by atoms with Gasteiger partial charge in [0.2, 0.25) is 23.8 Å². The molecule has 1 N–H and O–H groups in total. The molecule has 2 aromatic carbocycles. The maximum Gasteiger partial charge on any atom is 0.258 e. The van der Waals surface area contributed by atoms with E-state index >= 15 is 4.39 Å². The van der Waals surface area contributed by atoms with Crippen molar-refractivity contribution in [3.63, 3.8) is 0 Å². The maximum atomic E-state index is 15.3. The zero-order valence-electron chi connectivity index (χ0n) is 20.4. The molecule has 196 valence electrons. The van der Waals surface area contributed by atoms with Crippen LogP contribution in [0.3, 0.4) is 0 Å². The quantitative estimate of drug-likeness (QED) is 0.466. The lowest BCUT2D eigenvalue weighted by atomic mass is 10.0. The van der Waals surface area contributed by atoms with E-state index in [1.807, 2.05) is 0 Å². The van der Waals surface area contributed by atoms with Crippen LogP contribution in [-0.4, -0.2) is 58.1 Å². The van der Waals surface area contributed by atoms with Crippen molar-refractivity contribution in [3.05, 3.63) is 63.5 Å². The minimum absolute atomic E-state index is 0.0260. The van der Waals surface area contributed by atoms with Gasteiger partial charge in [-0.05, 0) is 43.7 Å². The summed E-state index contributed by atoms with van der Waals surface area (Å²) in [5, 5.41) is 7.57. The molecule has 37 heavy (non-hydrogen) atoms. The van der Waals surface area contributed by atoms with Crippen LogP contribution in [0.1, 0.15) is 47.5 Å². The van der Waals surface area contributed by atoms with Crippen LogP contribution < -0.4 is 10.1 Å². The average Bonchev–Trinajstić information content (AvgIpc) is 3.44. The number of ether oxygens (including phenoxy) is 1. The molecule has 1 fully saturated rings. The minimum Gasteiger partial charge on any atom is -0.494 e. The van der Waals surface area contributed by atoms with Crippen molar-refractivity contribution < 1.29 is 27.2 Å². The molecule has 1 amide bonds. The molecule has 0 bridgehead atoms. The largest absolute Gasteiger partial charge is 0.494 e. The first-order chi connectivity index (χ1) is 17.6. The highest BCUT2D eigenvalue weighted by Gasteiger charge is 2.38. The van der Waals surface area contributed by atoms with Crippen LogP contribution >= 0.6 is 11.6 Å². The second kappa shape index (κ2) is 9.62. The minimum atomic E-state index is -2.24. The molecule has 12 heteroatoms. The topological polar surface area (TPSA) is 83.7 Å². The zero-order valence-corrected chi connectivity index (χ0v) is 21.2. The lowest BCUT2D eigenvalue weighted by Crippen LogP contribution is -2.56. The van der Waals surface area contributed by atoms with Crippen LogP contribution in [0.25, 0.3) is 11.4 Å². The van der Waals surface area contributed by atoms with Crippen molar-refractivity contribution in [3.8, 4) is 17.1 Å². The average molecular weight is 536 g/mol. The SMILES string of the molecule is COc1ccc(C(F)N2Cc3cc(-c4noc(CN5CCNC(C)(C)C5)n4)cc(Cl)c3C2=O)c(F)c1F. The molecule has 1 atom stereocenters. The number of piperazine rings is 1. The zero-order chi connectivity index (χ0) is 26.5. The number of aromatic nitrogens is 2. The maximum absolute atomic E-state index is 15.3. The van der Waals surface area contributed by atoms with Gasteiger partial charge in [0.05, 0.1) is 24.2 Å². The first-order valence-corrected chi connectivity index (χ1v) is 12.1. The van der Waals surface area contributed by atoms with Gasteiger partial charge in [0.1, 0.15) is 0 Å². The number of amides is 1. The molecule has 0 spiro atoms. The van der Waals surface area contributed by atoms with Crippen LogP contribution in [0.15, 0.2) is 28.8 Å². The number of methoxy groups -OCH3 is 1. The Labute approximate surface area is 216 Å². The first-order valence-electron chi connectivity index (χ1n) is 11.7. The van der Waals surface area contributed by atoms with Crippen molar-refractivity contribution in [2.45, 2.75) is 38.8 Å². The summed E-state index contributed by atoms with van der Waals surface area (Å²) in [5.74, 6) is -3.14. The van der Waals surface area contributed by atoms with Crippen LogP contribution in [0.2, 0.25) is 5.02 Å². The molecular formula is C25H25ClF3N5O3. The summed E-state index contributed by atoms with van der Waals surface area (Å²) in [7, 11) is 1.17. The Kier molecular flexibility index (Phi) is 6.63. The predicted molar refractivity (Wildman–Crippen MR) is 129 cm³/mol. The van der Waals surface area contributed by atoms with Gasteiger partial charge < -0.3 is 19.5 Å². The van der Waals surface area contributed by atoms with Crippen molar-refractivity contribution in [1.82, 2.24) is 25.3 Å². The van der Waals surface area contributed by atoms with Gasteiger partial charge in [0.15, 0.2) is 11.6 Å². The smallest absolute Gasteiger partial charge is 0.258 e. The van der Waals surface area contributed by atoms with E-state index in [4.69, 9.17) is 20.9 Å². The Balaban J connectivity index is 1.37.